The minimum Gasteiger partial charge on any atom is -0.468 e. The summed E-state index contributed by atoms with van der Waals surface area (Å²) in [5, 5.41) is 29.7. The molecule has 37 heavy (non-hydrogen) atoms. The highest BCUT2D eigenvalue weighted by Crippen LogP contribution is 2.36. The molecule has 0 amide bonds. The zero-order valence-electron chi connectivity index (χ0n) is 19.9. The fourth-order valence-corrected chi connectivity index (χ4v) is 4.49. The molecule has 0 aliphatic rings. The predicted molar refractivity (Wildman–Crippen MR) is 129 cm³/mol. The molecule has 0 spiro atoms. The lowest BCUT2D eigenvalue weighted by atomic mass is 9.86. The topological polar surface area (TPSA) is 120 Å². The van der Waals surface area contributed by atoms with Gasteiger partial charge in [0.2, 0.25) is 4.77 Å². The third-order valence-corrected chi connectivity index (χ3v) is 6.64. The molecule has 2 heterocycles. The molecule has 4 aromatic rings. The molecular formula is C24H24F2N6O4S. The van der Waals surface area contributed by atoms with Crippen molar-refractivity contribution in [3.8, 4) is 5.69 Å². The fourth-order valence-electron chi connectivity index (χ4n) is 4.13. The van der Waals surface area contributed by atoms with Crippen molar-refractivity contribution in [1.82, 2.24) is 29.1 Å². The second kappa shape index (κ2) is 10.7. The Labute approximate surface area is 215 Å². The number of esters is 1. The van der Waals surface area contributed by atoms with Gasteiger partial charge < -0.3 is 14.9 Å². The smallest absolute Gasteiger partial charge is 0.315 e. The average molecular weight is 531 g/mol. The van der Waals surface area contributed by atoms with Crippen LogP contribution in [0.5, 0.6) is 0 Å². The van der Waals surface area contributed by atoms with E-state index < -0.39 is 41.8 Å². The Balaban J connectivity index is 1.71. The van der Waals surface area contributed by atoms with Crippen molar-refractivity contribution in [2.24, 2.45) is 0 Å². The summed E-state index contributed by atoms with van der Waals surface area (Å²) in [6.07, 6.45) is 4.08. The van der Waals surface area contributed by atoms with Crippen LogP contribution in [0.15, 0.2) is 61.4 Å². The number of ether oxygens (including phenoxy) is 1. The summed E-state index contributed by atoms with van der Waals surface area (Å²) in [7, 11) is 1.25. The second-order valence-corrected chi connectivity index (χ2v) is 8.76. The van der Waals surface area contributed by atoms with E-state index in [1.807, 2.05) is 0 Å². The number of carbonyl (C=O) groups is 1. The Hall–Kier alpha value is -3.81. The van der Waals surface area contributed by atoms with Crippen molar-refractivity contribution < 1.29 is 28.5 Å². The van der Waals surface area contributed by atoms with Crippen LogP contribution in [0.1, 0.15) is 30.0 Å². The molecule has 10 nitrogen and oxygen atoms in total. The third-order valence-electron chi connectivity index (χ3n) is 6.26. The predicted octanol–water partition coefficient (Wildman–Crippen LogP) is 2.67. The zero-order chi connectivity index (χ0) is 26.7. The number of halogens is 2. The highest BCUT2D eigenvalue weighted by atomic mass is 32.1. The summed E-state index contributed by atoms with van der Waals surface area (Å²) in [6.45, 7) is 0.986. The largest absolute Gasteiger partial charge is 0.468 e. The monoisotopic (exact) mass is 530 g/mol. The Bertz CT molecular complexity index is 1440. The molecule has 0 aliphatic heterocycles. The zero-order valence-corrected chi connectivity index (χ0v) is 20.7. The van der Waals surface area contributed by atoms with Gasteiger partial charge in [0, 0.05) is 17.3 Å². The lowest BCUT2D eigenvalue weighted by Gasteiger charge is -2.34. The van der Waals surface area contributed by atoms with E-state index in [0.717, 1.165) is 6.07 Å². The van der Waals surface area contributed by atoms with Crippen molar-refractivity contribution in [3.05, 3.63) is 89.0 Å². The Morgan fingerprint density at radius 3 is 2.49 bits per heavy atom. The van der Waals surface area contributed by atoms with Gasteiger partial charge in [0.15, 0.2) is 0 Å². The molecule has 2 aromatic heterocycles. The van der Waals surface area contributed by atoms with Gasteiger partial charge in [0.05, 0.1) is 26.3 Å². The molecule has 4 rings (SSSR count). The number of methoxy groups -OCH3 is 1. The van der Waals surface area contributed by atoms with Gasteiger partial charge in [-0.05, 0) is 42.9 Å². The van der Waals surface area contributed by atoms with Gasteiger partial charge in [0.25, 0.3) is 0 Å². The van der Waals surface area contributed by atoms with E-state index in [0.29, 0.717) is 17.3 Å². The highest BCUT2D eigenvalue weighted by Gasteiger charge is 2.41. The van der Waals surface area contributed by atoms with Gasteiger partial charge in [-0.3, -0.25) is 9.36 Å². The van der Waals surface area contributed by atoms with Gasteiger partial charge in [-0.15, -0.1) is 0 Å². The molecule has 0 radical (unpaired) electrons. The average Bonchev–Trinajstić information content (AvgIpc) is 3.53. The van der Waals surface area contributed by atoms with Gasteiger partial charge in [-0.1, -0.05) is 18.2 Å². The minimum atomic E-state index is -1.94. The third kappa shape index (κ3) is 5.05. The van der Waals surface area contributed by atoms with E-state index in [4.69, 9.17) is 17.0 Å². The van der Waals surface area contributed by atoms with Crippen LogP contribution in [0.3, 0.4) is 0 Å². The van der Waals surface area contributed by atoms with Crippen LogP contribution in [0.4, 0.5) is 8.78 Å². The molecule has 2 aromatic carbocycles. The fraction of sp³-hybridized carbons (Fsp3) is 0.292. The summed E-state index contributed by atoms with van der Waals surface area (Å²) >= 11 is 5.62. The molecule has 0 bridgehead atoms. The summed E-state index contributed by atoms with van der Waals surface area (Å²) < 4.78 is 37.7. The highest BCUT2D eigenvalue weighted by molar-refractivity contribution is 7.71. The lowest BCUT2D eigenvalue weighted by molar-refractivity contribution is -0.143. The maximum absolute atomic E-state index is 14.9. The first-order valence-electron chi connectivity index (χ1n) is 11.1. The van der Waals surface area contributed by atoms with E-state index >= 15 is 0 Å². The molecule has 194 valence electrons. The molecular weight excluding hydrogens is 506 g/mol. The van der Waals surface area contributed by atoms with Crippen molar-refractivity contribution in [2.45, 2.75) is 31.0 Å². The van der Waals surface area contributed by atoms with Crippen LogP contribution in [-0.4, -0.2) is 59.0 Å². The molecule has 0 fully saturated rings. The van der Waals surface area contributed by atoms with Crippen LogP contribution in [0, 0.1) is 16.4 Å². The van der Waals surface area contributed by atoms with Crippen LogP contribution < -0.4 is 0 Å². The molecule has 0 aliphatic carbocycles. The van der Waals surface area contributed by atoms with Crippen LogP contribution >= 0.6 is 12.2 Å². The first-order valence-corrected chi connectivity index (χ1v) is 11.6. The number of hydrogen-bond acceptors (Lipinski definition) is 8. The summed E-state index contributed by atoms with van der Waals surface area (Å²) in [5.41, 5.74) is -0.946. The molecule has 2 N–H and O–H groups in total. The number of aliphatic hydroxyl groups is 2. The maximum atomic E-state index is 14.9. The van der Waals surface area contributed by atoms with E-state index in [1.165, 1.54) is 41.5 Å². The second-order valence-electron chi connectivity index (χ2n) is 8.40. The first kappa shape index (κ1) is 26.3. The number of hydrogen-bond donors (Lipinski definition) is 2. The van der Waals surface area contributed by atoms with Crippen LogP contribution in [-0.2, 0) is 21.7 Å². The number of benzene rings is 2. The Kier molecular flexibility index (Phi) is 7.57. The quantitative estimate of drug-likeness (QED) is 0.250. The van der Waals surface area contributed by atoms with Crippen molar-refractivity contribution in [3.63, 3.8) is 0 Å². The molecule has 0 unspecified atom stereocenters. The normalized spacial score (nSPS) is 14.6. The van der Waals surface area contributed by atoms with Crippen LogP contribution in [0.2, 0.25) is 0 Å². The summed E-state index contributed by atoms with van der Waals surface area (Å²) in [5.74, 6) is -3.10. The van der Waals surface area contributed by atoms with Gasteiger partial charge in [0.1, 0.15) is 42.1 Å². The SMILES string of the molecule is COC(=O)[C@H](CO)c1ccc(-n2cnn([C@H](C)[C@](O)(Cn3cncn3)c3ccc(F)cc3F)c2=S)cc1. The lowest BCUT2D eigenvalue weighted by Crippen LogP contribution is -2.41. The van der Waals surface area contributed by atoms with E-state index in [1.54, 1.807) is 35.8 Å². The first-order chi connectivity index (χ1) is 17.7. The number of rotatable bonds is 9. The van der Waals surface area contributed by atoms with Gasteiger partial charge in [-0.2, -0.15) is 10.2 Å². The van der Waals surface area contributed by atoms with E-state index in [-0.39, 0.29) is 16.9 Å². The Morgan fingerprint density at radius 1 is 1.16 bits per heavy atom. The van der Waals surface area contributed by atoms with Gasteiger partial charge >= 0.3 is 5.97 Å². The molecule has 0 saturated carbocycles. The molecule has 13 heteroatoms. The van der Waals surface area contributed by atoms with E-state index in [9.17, 15) is 23.8 Å². The maximum Gasteiger partial charge on any atom is 0.315 e. The van der Waals surface area contributed by atoms with Crippen LogP contribution in [0.25, 0.3) is 5.69 Å². The van der Waals surface area contributed by atoms with Crippen molar-refractivity contribution >= 4 is 18.2 Å². The molecule has 0 saturated heterocycles. The standard InChI is InChI=1S/C24H24F2N6O4S/c1-15(24(35,11-30-13-27-12-28-30)20-8-5-17(25)9-21(20)26)32-23(37)31(14-29-32)18-6-3-16(4-7-18)19(10-33)22(34)36-2/h3-9,12-15,19,33,35H,10-11H2,1-2H3/t15-,19-,24-/m1/s1. The number of nitrogens with zero attached hydrogens (tertiary/aromatic N) is 6. The Morgan fingerprint density at radius 2 is 1.89 bits per heavy atom. The number of aromatic nitrogens is 6. The van der Waals surface area contributed by atoms with Gasteiger partial charge in [-0.25, -0.2) is 23.1 Å². The summed E-state index contributed by atoms with van der Waals surface area (Å²) in [6, 6.07) is 8.70. The number of aliphatic hydroxyl groups excluding tert-OH is 1. The number of carbonyl (C=O) groups excluding carboxylic acids is 1. The van der Waals surface area contributed by atoms with E-state index in [2.05, 4.69) is 15.2 Å². The van der Waals surface area contributed by atoms with Crippen molar-refractivity contribution in [1.29, 1.82) is 0 Å². The summed E-state index contributed by atoms with van der Waals surface area (Å²) in [4.78, 5) is 15.8. The molecule has 3 atom stereocenters. The van der Waals surface area contributed by atoms with Crippen molar-refractivity contribution in [2.75, 3.05) is 13.7 Å². The minimum absolute atomic E-state index is 0.157.